The van der Waals surface area contributed by atoms with E-state index in [9.17, 15) is 5.11 Å². The van der Waals surface area contributed by atoms with Crippen LogP contribution in [0.4, 0.5) is 0 Å². The van der Waals surface area contributed by atoms with Crippen LogP contribution in [-0.2, 0) is 0 Å². The van der Waals surface area contributed by atoms with Crippen molar-refractivity contribution in [2.24, 2.45) is 0 Å². The summed E-state index contributed by atoms with van der Waals surface area (Å²) in [5.74, 6) is 0.338. The van der Waals surface area contributed by atoms with Crippen molar-refractivity contribution in [3.63, 3.8) is 0 Å². The van der Waals surface area contributed by atoms with E-state index in [0.717, 1.165) is 19.6 Å². The molecule has 0 amide bonds. The van der Waals surface area contributed by atoms with Gasteiger partial charge in [0.25, 0.3) is 0 Å². The van der Waals surface area contributed by atoms with Gasteiger partial charge in [-0.25, -0.2) is 0 Å². The van der Waals surface area contributed by atoms with Crippen LogP contribution >= 0.6 is 0 Å². The average molecular weight is 282 g/mol. The summed E-state index contributed by atoms with van der Waals surface area (Å²) in [4.78, 5) is 2.51. The van der Waals surface area contributed by atoms with Crippen LogP contribution in [0.2, 0.25) is 0 Å². The first-order valence-electron chi connectivity index (χ1n) is 7.56. The Bertz CT molecular complexity index is 585. The number of hydrogen-bond acceptors (Lipinski definition) is 3. The van der Waals surface area contributed by atoms with Gasteiger partial charge in [-0.05, 0) is 30.2 Å². The Labute approximate surface area is 126 Å². The van der Waals surface area contributed by atoms with Gasteiger partial charge in [-0.2, -0.15) is 0 Å². The van der Waals surface area contributed by atoms with Gasteiger partial charge in [-0.15, -0.1) is 0 Å². The summed E-state index contributed by atoms with van der Waals surface area (Å²) >= 11 is 0. The van der Waals surface area contributed by atoms with E-state index in [1.165, 1.54) is 11.1 Å². The fourth-order valence-electron chi connectivity index (χ4n) is 3.15. The van der Waals surface area contributed by atoms with Gasteiger partial charge in [0.2, 0.25) is 0 Å². The van der Waals surface area contributed by atoms with Crippen molar-refractivity contribution in [3.8, 4) is 5.75 Å². The molecular formula is C18H22N2O. The maximum Gasteiger partial charge on any atom is 0.115 e. The highest BCUT2D eigenvalue weighted by atomic mass is 16.3. The molecule has 0 aromatic heterocycles. The van der Waals surface area contributed by atoms with Crippen LogP contribution in [0.5, 0.6) is 5.75 Å². The number of rotatable bonds is 3. The molecule has 0 spiro atoms. The van der Waals surface area contributed by atoms with Crippen LogP contribution in [0.15, 0.2) is 54.6 Å². The van der Waals surface area contributed by atoms with Crippen molar-refractivity contribution in [2.45, 2.75) is 19.0 Å². The minimum absolute atomic E-state index is 0.293. The zero-order valence-corrected chi connectivity index (χ0v) is 12.4. The number of nitrogens with one attached hydrogen (secondary N) is 1. The van der Waals surface area contributed by atoms with Gasteiger partial charge in [-0.1, -0.05) is 42.5 Å². The Morgan fingerprint density at radius 3 is 2.71 bits per heavy atom. The summed E-state index contributed by atoms with van der Waals surface area (Å²) in [6.45, 7) is 5.19. The van der Waals surface area contributed by atoms with Crippen molar-refractivity contribution in [3.05, 3.63) is 65.7 Å². The first-order chi connectivity index (χ1) is 10.3. The number of phenols is 1. The largest absolute Gasteiger partial charge is 0.508 e. The Morgan fingerprint density at radius 2 is 1.95 bits per heavy atom. The highest BCUT2D eigenvalue weighted by molar-refractivity contribution is 5.30. The van der Waals surface area contributed by atoms with Gasteiger partial charge >= 0.3 is 0 Å². The van der Waals surface area contributed by atoms with Crippen molar-refractivity contribution in [2.75, 3.05) is 19.6 Å². The van der Waals surface area contributed by atoms with Crippen LogP contribution in [0.25, 0.3) is 0 Å². The minimum atomic E-state index is 0.293. The Balaban J connectivity index is 1.88. The summed E-state index contributed by atoms with van der Waals surface area (Å²) in [5, 5.41) is 13.2. The molecule has 3 nitrogen and oxygen atoms in total. The van der Waals surface area contributed by atoms with Crippen molar-refractivity contribution >= 4 is 0 Å². The molecule has 2 aromatic rings. The second-order valence-electron chi connectivity index (χ2n) is 5.64. The van der Waals surface area contributed by atoms with Gasteiger partial charge < -0.3 is 10.4 Å². The first kappa shape index (κ1) is 14.1. The van der Waals surface area contributed by atoms with Gasteiger partial charge in [0.15, 0.2) is 0 Å². The highest BCUT2D eigenvalue weighted by Crippen LogP contribution is 2.32. The van der Waals surface area contributed by atoms with E-state index in [2.05, 4.69) is 53.5 Å². The first-order valence-corrected chi connectivity index (χ1v) is 7.56. The van der Waals surface area contributed by atoms with Crippen molar-refractivity contribution < 1.29 is 5.11 Å². The number of benzene rings is 2. The SMILES string of the molecule is CC(c1ccccc1)N1CCNCC1c1cccc(O)c1. The predicted molar refractivity (Wildman–Crippen MR) is 85.3 cm³/mol. The third kappa shape index (κ3) is 3.09. The van der Waals surface area contributed by atoms with Gasteiger partial charge in [0, 0.05) is 31.7 Å². The number of hydrogen-bond donors (Lipinski definition) is 2. The second kappa shape index (κ2) is 6.29. The number of phenolic OH excluding ortho intramolecular Hbond substituents is 1. The fourth-order valence-corrected chi connectivity index (χ4v) is 3.15. The van der Waals surface area contributed by atoms with Crippen molar-refractivity contribution in [1.29, 1.82) is 0 Å². The fraction of sp³-hybridized carbons (Fsp3) is 0.333. The molecule has 1 aliphatic heterocycles. The normalized spacial score (nSPS) is 21.1. The van der Waals surface area contributed by atoms with Crippen LogP contribution in [0, 0.1) is 0 Å². The van der Waals surface area contributed by atoms with E-state index in [-0.39, 0.29) is 0 Å². The molecule has 0 radical (unpaired) electrons. The number of piperazine rings is 1. The summed E-state index contributed by atoms with van der Waals surface area (Å²) in [6.07, 6.45) is 0. The Hall–Kier alpha value is -1.84. The summed E-state index contributed by atoms with van der Waals surface area (Å²) < 4.78 is 0. The molecule has 1 saturated heterocycles. The molecule has 2 aromatic carbocycles. The van der Waals surface area contributed by atoms with E-state index in [1.807, 2.05) is 12.1 Å². The maximum absolute atomic E-state index is 9.75. The Morgan fingerprint density at radius 1 is 1.14 bits per heavy atom. The molecular weight excluding hydrogens is 260 g/mol. The van der Waals surface area contributed by atoms with E-state index in [0.29, 0.717) is 17.8 Å². The lowest BCUT2D eigenvalue weighted by Gasteiger charge is -2.40. The van der Waals surface area contributed by atoms with Gasteiger partial charge in [0.05, 0.1) is 0 Å². The second-order valence-corrected chi connectivity index (χ2v) is 5.64. The third-order valence-electron chi connectivity index (χ3n) is 4.32. The molecule has 2 unspecified atom stereocenters. The van der Waals surface area contributed by atoms with E-state index in [1.54, 1.807) is 6.07 Å². The molecule has 1 heterocycles. The summed E-state index contributed by atoms with van der Waals surface area (Å²) in [6, 6.07) is 18.9. The molecule has 110 valence electrons. The molecule has 3 rings (SSSR count). The highest BCUT2D eigenvalue weighted by Gasteiger charge is 2.28. The molecule has 1 fully saturated rings. The summed E-state index contributed by atoms with van der Waals surface area (Å²) in [5.41, 5.74) is 2.51. The lowest BCUT2D eigenvalue weighted by molar-refractivity contribution is 0.115. The van der Waals surface area contributed by atoms with Gasteiger partial charge in [-0.3, -0.25) is 4.90 Å². The molecule has 0 bridgehead atoms. The summed E-state index contributed by atoms with van der Waals surface area (Å²) in [7, 11) is 0. The van der Waals surface area contributed by atoms with Crippen LogP contribution in [0.1, 0.15) is 30.1 Å². The van der Waals surface area contributed by atoms with E-state index < -0.39 is 0 Å². The minimum Gasteiger partial charge on any atom is -0.508 e. The van der Waals surface area contributed by atoms with Crippen LogP contribution < -0.4 is 5.32 Å². The molecule has 3 heteroatoms. The molecule has 0 aliphatic carbocycles. The maximum atomic E-state index is 9.75. The topological polar surface area (TPSA) is 35.5 Å². The van der Waals surface area contributed by atoms with Crippen LogP contribution in [0.3, 0.4) is 0 Å². The van der Waals surface area contributed by atoms with Crippen LogP contribution in [-0.4, -0.2) is 29.6 Å². The number of aromatic hydroxyl groups is 1. The monoisotopic (exact) mass is 282 g/mol. The molecule has 21 heavy (non-hydrogen) atoms. The lowest BCUT2D eigenvalue weighted by Crippen LogP contribution is -2.46. The Kier molecular flexibility index (Phi) is 4.23. The third-order valence-corrected chi connectivity index (χ3v) is 4.32. The zero-order valence-electron chi connectivity index (χ0n) is 12.4. The molecule has 2 N–H and O–H groups in total. The lowest BCUT2D eigenvalue weighted by atomic mass is 9.98. The number of nitrogens with zero attached hydrogens (tertiary/aromatic N) is 1. The van der Waals surface area contributed by atoms with Crippen molar-refractivity contribution in [1.82, 2.24) is 10.2 Å². The average Bonchev–Trinajstić information content (AvgIpc) is 2.55. The van der Waals surface area contributed by atoms with E-state index in [4.69, 9.17) is 0 Å². The van der Waals surface area contributed by atoms with E-state index >= 15 is 0 Å². The quantitative estimate of drug-likeness (QED) is 0.908. The predicted octanol–water partition coefficient (Wildman–Crippen LogP) is 3.10. The van der Waals surface area contributed by atoms with Gasteiger partial charge in [0.1, 0.15) is 5.75 Å². The zero-order chi connectivity index (χ0) is 14.7. The smallest absolute Gasteiger partial charge is 0.115 e. The standard InChI is InChI=1S/C18H22N2O/c1-14(15-6-3-2-4-7-15)20-11-10-19-13-18(20)16-8-5-9-17(21)12-16/h2-9,12,14,18-19,21H,10-11,13H2,1H3. The molecule has 0 saturated carbocycles. The molecule has 2 atom stereocenters. The molecule has 1 aliphatic rings.